The third-order valence-corrected chi connectivity index (χ3v) is 4.30. The minimum Gasteiger partial charge on any atom is -0.387 e. The van der Waals surface area contributed by atoms with Gasteiger partial charge in [-0.25, -0.2) is 9.97 Å². The fourth-order valence-corrected chi connectivity index (χ4v) is 2.93. The first-order valence-electron chi connectivity index (χ1n) is 8.79. The zero-order chi connectivity index (χ0) is 19.2. The minimum atomic E-state index is -0.0998. The van der Waals surface area contributed by atoms with Crippen molar-refractivity contribution in [1.82, 2.24) is 15.3 Å². The molecule has 1 aromatic heterocycles. The van der Waals surface area contributed by atoms with Gasteiger partial charge in [0.1, 0.15) is 5.78 Å². The predicted molar refractivity (Wildman–Crippen MR) is 103 cm³/mol. The lowest BCUT2D eigenvalue weighted by molar-refractivity contribution is -0.120. The first kappa shape index (κ1) is 18.5. The summed E-state index contributed by atoms with van der Waals surface area (Å²) in [4.78, 5) is 33.8. The molecule has 3 rings (SSSR count). The van der Waals surface area contributed by atoms with Crippen LogP contribution >= 0.6 is 0 Å². The topological polar surface area (TPSA) is 125 Å². The van der Waals surface area contributed by atoms with E-state index in [0.29, 0.717) is 31.9 Å². The number of hydrogen-bond acceptors (Lipinski definition) is 6. The summed E-state index contributed by atoms with van der Waals surface area (Å²) in [6.07, 6.45) is 4.45. The number of anilines is 1. The number of nitrogens with two attached hydrogens (primary N) is 1. The smallest absolute Gasteiger partial charge is 0.239 e. The summed E-state index contributed by atoms with van der Waals surface area (Å²) in [6, 6.07) is 7.87. The van der Waals surface area contributed by atoms with E-state index in [4.69, 9.17) is 11.1 Å². The summed E-state index contributed by atoms with van der Waals surface area (Å²) in [5, 5.41) is 9.95. The zero-order valence-electron chi connectivity index (χ0n) is 14.9. The van der Waals surface area contributed by atoms with Crippen molar-refractivity contribution in [3.05, 3.63) is 42.2 Å². The molecule has 0 unspecified atom stereocenters. The molecule has 1 aromatic carbocycles. The average Bonchev–Trinajstić information content (AvgIpc) is 2.66. The monoisotopic (exact) mass is 366 g/mol. The number of rotatable bonds is 7. The maximum atomic E-state index is 11.7. The largest absolute Gasteiger partial charge is 0.387 e. The lowest BCUT2D eigenvalue weighted by Gasteiger charge is -2.26. The van der Waals surface area contributed by atoms with E-state index in [2.05, 4.69) is 15.3 Å². The van der Waals surface area contributed by atoms with Gasteiger partial charge in [0.15, 0.2) is 0 Å². The van der Waals surface area contributed by atoms with Gasteiger partial charge in [-0.3, -0.25) is 15.0 Å². The molecule has 0 aliphatic carbocycles. The lowest BCUT2D eigenvalue weighted by atomic mass is 10.0. The van der Waals surface area contributed by atoms with Crippen molar-refractivity contribution in [2.45, 2.75) is 19.3 Å². The molecule has 1 amide bonds. The van der Waals surface area contributed by atoms with E-state index in [0.717, 1.165) is 16.7 Å². The summed E-state index contributed by atoms with van der Waals surface area (Å²) in [5.41, 5.74) is 8.13. The maximum Gasteiger partial charge on any atom is 0.239 e. The number of hydrogen-bond donors (Lipinski definition) is 3. The minimum absolute atomic E-state index is 0.00349. The highest BCUT2D eigenvalue weighted by Crippen LogP contribution is 2.21. The van der Waals surface area contributed by atoms with E-state index in [1.807, 2.05) is 29.2 Å². The van der Waals surface area contributed by atoms with Gasteiger partial charge in [-0.1, -0.05) is 24.3 Å². The molecular formula is C19H22N6O2. The number of aromatic nitrogens is 2. The molecule has 2 aromatic rings. The van der Waals surface area contributed by atoms with Crippen molar-refractivity contribution in [1.29, 1.82) is 5.41 Å². The van der Waals surface area contributed by atoms with Crippen LogP contribution in [0.15, 0.2) is 36.7 Å². The number of aryl methyl sites for hydroxylation is 1. The summed E-state index contributed by atoms with van der Waals surface area (Å²) >= 11 is 0. The third kappa shape index (κ3) is 5.10. The second kappa shape index (κ2) is 8.39. The Morgan fingerprint density at radius 3 is 2.74 bits per heavy atom. The molecular weight excluding hydrogens is 344 g/mol. The van der Waals surface area contributed by atoms with Crippen LogP contribution in [0.1, 0.15) is 18.4 Å². The Kier molecular flexibility index (Phi) is 5.75. The molecule has 0 bridgehead atoms. The molecule has 0 saturated carbocycles. The summed E-state index contributed by atoms with van der Waals surface area (Å²) in [7, 11) is 0. The van der Waals surface area contributed by atoms with Gasteiger partial charge in [-0.2, -0.15) is 0 Å². The average molecular weight is 366 g/mol. The van der Waals surface area contributed by atoms with Crippen molar-refractivity contribution in [3.63, 3.8) is 0 Å². The highest BCUT2D eigenvalue weighted by atomic mass is 16.2. The molecule has 0 radical (unpaired) electrons. The molecule has 1 aliphatic heterocycles. The van der Waals surface area contributed by atoms with Crippen molar-refractivity contribution in [2.24, 2.45) is 5.73 Å². The first-order valence-corrected chi connectivity index (χ1v) is 8.79. The number of amides is 1. The number of carbonyl (C=O) groups is 2. The van der Waals surface area contributed by atoms with Gasteiger partial charge in [0.25, 0.3) is 0 Å². The van der Waals surface area contributed by atoms with Gasteiger partial charge >= 0.3 is 0 Å². The van der Waals surface area contributed by atoms with Crippen LogP contribution in [0.3, 0.4) is 0 Å². The molecule has 27 heavy (non-hydrogen) atoms. The van der Waals surface area contributed by atoms with Crippen LogP contribution in [0, 0.1) is 5.41 Å². The van der Waals surface area contributed by atoms with E-state index in [-0.39, 0.29) is 30.5 Å². The molecule has 0 spiro atoms. The molecule has 8 heteroatoms. The summed E-state index contributed by atoms with van der Waals surface area (Å²) < 4.78 is 0. The molecule has 8 nitrogen and oxygen atoms in total. The number of amidine groups is 1. The van der Waals surface area contributed by atoms with Crippen molar-refractivity contribution in [2.75, 3.05) is 24.5 Å². The highest BCUT2D eigenvalue weighted by molar-refractivity contribution is 5.98. The summed E-state index contributed by atoms with van der Waals surface area (Å²) in [6.45, 7) is 1.55. The van der Waals surface area contributed by atoms with Crippen LogP contribution in [0.2, 0.25) is 0 Å². The van der Waals surface area contributed by atoms with Gasteiger partial charge in [0, 0.05) is 37.5 Å². The van der Waals surface area contributed by atoms with Crippen molar-refractivity contribution >= 4 is 23.5 Å². The van der Waals surface area contributed by atoms with E-state index < -0.39 is 0 Å². The first-order chi connectivity index (χ1) is 13.0. The van der Waals surface area contributed by atoms with Gasteiger partial charge < -0.3 is 16.0 Å². The standard InChI is InChI=1S/C19H22N6O2/c20-17(21)9-16(26)5-4-13-2-1-3-14(8-13)15-10-23-19(24-11-15)25-7-6-22-18(27)12-25/h1-3,8,10-11H,4-7,9,12H2,(H3,20,21)(H,22,27). The van der Waals surface area contributed by atoms with Gasteiger partial charge in [-0.15, -0.1) is 0 Å². The number of nitrogens with one attached hydrogen (secondary N) is 2. The predicted octanol–water partition coefficient (Wildman–Crippen LogP) is 0.908. The van der Waals surface area contributed by atoms with Crippen LogP contribution in [-0.4, -0.2) is 47.1 Å². The van der Waals surface area contributed by atoms with E-state index in [1.54, 1.807) is 12.4 Å². The molecule has 1 fully saturated rings. The number of ketones is 1. The van der Waals surface area contributed by atoms with Crippen molar-refractivity contribution in [3.8, 4) is 11.1 Å². The quantitative estimate of drug-likeness (QED) is 0.494. The maximum absolute atomic E-state index is 11.7. The Labute approximate surface area is 157 Å². The fourth-order valence-electron chi connectivity index (χ4n) is 2.93. The molecule has 1 aliphatic rings. The SMILES string of the molecule is N=C(N)CC(=O)CCc1cccc(-c2cnc(N3CCNC(=O)C3)nc2)c1. The van der Waals surface area contributed by atoms with Crippen molar-refractivity contribution < 1.29 is 9.59 Å². The molecule has 140 valence electrons. The van der Waals surface area contributed by atoms with Crippen LogP contribution in [0.5, 0.6) is 0 Å². The fraction of sp³-hybridized carbons (Fsp3) is 0.316. The van der Waals surface area contributed by atoms with E-state index >= 15 is 0 Å². The summed E-state index contributed by atoms with van der Waals surface area (Å²) in [5.74, 6) is 0.379. The Morgan fingerprint density at radius 1 is 1.26 bits per heavy atom. The van der Waals surface area contributed by atoms with Crippen LogP contribution in [-0.2, 0) is 16.0 Å². The van der Waals surface area contributed by atoms with Gasteiger partial charge in [0.05, 0.1) is 18.8 Å². The zero-order valence-corrected chi connectivity index (χ0v) is 14.9. The second-order valence-electron chi connectivity index (χ2n) is 6.48. The number of nitrogens with zero attached hydrogens (tertiary/aromatic N) is 3. The molecule has 2 heterocycles. The van der Waals surface area contributed by atoms with Crippen LogP contribution in [0.25, 0.3) is 11.1 Å². The van der Waals surface area contributed by atoms with Crippen LogP contribution in [0.4, 0.5) is 5.95 Å². The second-order valence-corrected chi connectivity index (χ2v) is 6.48. The molecule has 1 saturated heterocycles. The Bertz CT molecular complexity index is 850. The number of carbonyl (C=O) groups excluding carboxylic acids is 2. The van der Waals surface area contributed by atoms with Gasteiger partial charge in [-0.05, 0) is 17.5 Å². The number of Topliss-reactive ketones (excluding diaryl/α,β-unsaturated/α-hetero) is 1. The van der Waals surface area contributed by atoms with Crippen LogP contribution < -0.4 is 16.0 Å². The Hall–Kier alpha value is -3.29. The normalized spacial score (nSPS) is 13.9. The van der Waals surface area contributed by atoms with Gasteiger partial charge in [0.2, 0.25) is 11.9 Å². The van der Waals surface area contributed by atoms with E-state index in [9.17, 15) is 9.59 Å². The third-order valence-electron chi connectivity index (χ3n) is 4.30. The highest BCUT2D eigenvalue weighted by Gasteiger charge is 2.18. The lowest BCUT2D eigenvalue weighted by Crippen LogP contribution is -2.48. The molecule has 0 atom stereocenters. The Morgan fingerprint density at radius 2 is 2.04 bits per heavy atom. The number of benzene rings is 1. The number of piperazine rings is 1. The Balaban J connectivity index is 1.66. The molecule has 4 N–H and O–H groups in total. The van der Waals surface area contributed by atoms with E-state index in [1.165, 1.54) is 0 Å².